The van der Waals surface area contributed by atoms with E-state index in [1.807, 2.05) is 0 Å². The fourth-order valence-electron chi connectivity index (χ4n) is 1.81. The minimum absolute atomic E-state index is 0.103. The number of nitrogens with zero attached hydrogens (tertiary/aromatic N) is 1. The van der Waals surface area contributed by atoms with Gasteiger partial charge in [-0.2, -0.15) is 0 Å². The van der Waals surface area contributed by atoms with Gasteiger partial charge in [-0.25, -0.2) is 9.37 Å². The molecule has 0 radical (unpaired) electrons. The van der Waals surface area contributed by atoms with Crippen LogP contribution in [0.15, 0.2) is 45.6 Å². The van der Waals surface area contributed by atoms with Crippen molar-refractivity contribution in [3.05, 3.63) is 62.0 Å². The molecule has 0 aliphatic carbocycles. The standard InChI is InChI=1S/C15H9BrFN3O2S2/c16-12-6-5-11(24-12)14(22)20-19-13(21)10-7-23-15(18-10)8-3-1-2-4-9(8)17/h1-7H,(H,19,21)(H,20,22). The molecule has 5 nitrogen and oxygen atoms in total. The van der Waals surface area contributed by atoms with Crippen molar-refractivity contribution < 1.29 is 14.0 Å². The van der Waals surface area contributed by atoms with Crippen LogP contribution in [0.5, 0.6) is 0 Å². The first-order chi connectivity index (χ1) is 11.5. The van der Waals surface area contributed by atoms with E-state index in [2.05, 4.69) is 31.8 Å². The number of hydrogen-bond donors (Lipinski definition) is 2. The maximum Gasteiger partial charge on any atom is 0.289 e. The van der Waals surface area contributed by atoms with Gasteiger partial charge in [0.25, 0.3) is 11.8 Å². The van der Waals surface area contributed by atoms with E-state index in [9.17, 15) is 14.0 Å². The van der Waals surface area contributed by atoms with Crippen LogP contribution >= 0.6 is 38.6 Å². The molecule has 2 heterocycles. The summed E-state index contributed by atoms with van der Waals surface area (Å²) < 4.78 is 14.5. The number of thiazole rings is 1. The first kappa shape index (κ1) is 16.7. The molecule has 9 heteroatoms. The quantitative estimate of drug-likeness (QED) is 0.626. The molecule has 3 aromatic rings. The van der Waals surface area contributed by atoms with Crippen LogP contribution in [-0.4, -0.2) is 16.8 Å². The van der Waals surface area contributed by atoms with Gasteiger partial charge in [0, 0.05) is 10.9 Å². The summed E-state index contributed by atoms with van der Waals surface area (Å²) in [4.78, 5) is 28.5. The van der Waals surface area contributed by atoms with E-state index in [1.165, 1.54) is 22.8 Å². The third-order valence-corrected chi connectivity index (χ3v) is 5.43. The van der Waals surface area contributed by atoms with Gasteiger partial charge >= 0.3 is 0 Å². The molecule has 0 atom stereocenters. The number of halogens is 2. The van der Waals surface area contributed by atoms with Gasteiger partial charge in [-0.3, -0.25) is 20.4 Å². The number of thiophene rings is 1. The monoisotopic (exact) mass is 425 g/mol. The molecule has 1 aromatic carbocycles. The summed E-state index contributed by atoms with van der Waals surface area (Å²) in [6.07, 6.45) is 0. The number of nitrogens with one attached hydrogen (secondary N) is 2. The highest BCUT2D eigenvalue weighted by atomic mass is 79.9. The summed E-state index contributed by atoms with van der Waals surface area (Å²) in [5.41, 5.74) is 5.03. The number of carbonyl (C=O) groups excluding carboxylic acids is 2. The van der Waals surface area contributed by atoms with Crippen LogP contribution in [0.4, 0.5) is 4.39 Å². The number of carbonyl (C=O) groups is 2. The van der Waals surface area contributed by atoms with Crippen LogP contribution in [0.1, 0.15) is 20.2 Å². The highest BCUT2D eigenvalue weighted by Gasteiger charge is 2.15. The average molecular weight is 426 g/mol. The molecule has 24 heavy (non-hydrogen) atoms. The Morgan fingerprint density at radius 2 is 1.83 bits per heavy atom. The Morgan fingerprint density at radius 3 is 2.54 bits per heavy atom. The molecule has 0 aliphatic rings. The van der Waals surface area contributed by atoms with Crippen LogP contribution in [0.25, 0.3) is 10.6 Å². The molecule has 0 bridgehead atoms. The smallest absolute Gasteiger partial charge is 0.266 e. The van der Waals surface area contributed by atoms with E-state index in [4.69, 9.17) is 0 Å². The SMILES string of the molecule is O=C(NNC(=O)c1ccc(Br)s1)c1csc(-c2ccccc2F)n1. The lowest BCUT2D eigenvalue weighted by Crippen LogP contribution is -2.41. The second-order valence-corrected chi connectivity index (χ2v) is 7.85. The van der Waals surface area contributed by atoms with Gasteiger partial charge in [-0.1, -0.05) is 12.1 Å². The summed E-state index contributed by atoms with van der Waals surface area (Å²) >= 11 is 5.65. The summed E-state index contributed by atoms with van der Waals surface area (Å²) in [5, 5.41) is 1.90. The summed E-state index contributed by atoms with van der Waals surface area (Å²) in [6.45, 7) is 0. The van der Waals surface area contributed by atoms with Crippen molar-refractivity contribution in [1.82, 2.24) is 15.8 Å². The highest BCUT2D eigenvalue weighted by molar-refractivity contribution is 9.11. The van der Waals surface area contributed by atoms with Crippen LogP contribution in [0.2, 0.25) is 0 Å². The van der Waals surface area contributed by atoms with E-state index in [0.29, 0.717) is 15.4 Å². The van der Waals surface area contributed by atoms with Gasteiger partial charge in [0.15, 0.2) is 0 Å². The van der Waals surface area contributed by atoms with Gasteiger partial charge in [-0.05, 0) is 40.2 Å². The van der Waals surface area contributed by atoms with Gasteiger partial charge in [0.1, 0.15) is 16.5 Å². The van der Waals surface area contributed by atoms with Crippen molar-refractivity contribution in [3.8, 4) is 10.6 Å². The minimum Gasteiger partial charge on any atom is -0.266 e. The Labute approximate surface area is 152 Å². The Morgan fingerprint density at radius 1 is 1.08 bits per heavy atom. The largest absolute Gasteiger partial charge is 0.289 e. The van der Waals surface area contributed by atoms with Crippen molar-refractivity contribution in [1.29, 1.82) is 0 Å². The van der Waals surface area contributed by atoms with Crippen molar-refractivity contribution in [2.75, 3.05) is 0 Å². The molecule has 0 unspecified atom stereocenters. The molecule has 0 spiro atoms. The van der Waals surface area contributed by atoms with E-state index in [0.717, 1.165) is 15.1 Å². The zero-order chi connectivity index (χ0) is 17.1. The Bertz CT molecular complexity index is 910. The van der Waals surface area contributed by atoms with Gasteiger partial charge in [0.05, 0.1) is 8.66 Å². The third-order valence-electron chi connectivity index (χ3n) is 2.93. The van der Waals surface area contributed by atoms with E-state index in [1.54, 1.807) is 30.3 Å². The molecule has 122 valence electrons. The third kappa shape index (κ3) is 3.69. The molecule has 0 saturated carbocycles. The Balaban J connectivity index is 1.66. The predicted molar refractivity (Wildman–Crippen MR) is 94.5 cm³/mol. The van der Waals surface area contributed by atoms with E-state index >= 15 is 0 Å². The maximum absolute atomic E-state index is 13.7. The van der Waals surface area contributed by atoms with E-state index in [-0.39, 0.29) is 5.69 Å². The molecule has 2 amide bonds. The summed E-state index contributed by atoms with van der Waals surface area (Å²) in [5.74, 6) is -1.41. The number of hydrazine groups is 1. The fourth-order valence-corrected chi connectivity index (χ4v) is 3.92. The molecule has 2 aromatic heterocycles. The van der Waals surface area contributed by atoms with Crippen molar-refractivity contribution in [2.45, 2.75) is 0 Å². The fraction of sp³-hybridized carbons (Fsp3) is 0. The molecule has 0 fully saturated rings. The van der Waals surface area contributed by atoms with Crippen LogP contribution in [0.3, 0.4) is 0 Å². The summed E-state index contributed by atoms with van der Waals surface area (Å²) in [6, 6.07) is 9.57. The molecule has 0 aliphatic heterocycles. The second kappa shape index (κ2) is 7.20. The van der Waals surface area contributed by atoms with Crippen molar-refractivity contribution in [3.63, 3.8) is 0 Å². The lowest BCUT2D eigenvalue weighted by atomic mass is 10.2. The van der Waals surface area contributed by atoms with Gasteiger partial charge in [0.2, 0.25) is 0 Å². The van der Waals surface area contributed by atoms with Crippen LogP contribution in [-0.2, 0) is 0 Å². The first-order valence-electron chi connectivity index (χ1n) is 6.61. The molecular weight excluding hydrogens is 417 g/mol. The Kier molecular flexibility index (Phi) is 5.03. The lowest BCUT2D eigenvalue weighted by molar-refractivity contribution is 0.0846. The molecule has 3 rings (SSSR count). The zero-order valence-corrected chi connectivity index (χ0v) is 15.1. The number of hydrogen-bond acceptors (Lipinski definition) is 5. The number of aromatic nitrogens is 1. The number of benzene rings is 1. The second-order valence-electron chi connectivity index (χ2n) is 4.53. The molecule has 0 saturated heterocycles. The number of rotatable bonds is 3. The first-order valence-corrected chi connectivity index (χ1v) is 9.10. The van der Waals surface area contributed by atoms with Gasteiger partial charge < -0.3 is 0 Å². The zero-order valence-electron chi connectivity index (χ0n) is 11.9. The van der Waals surface area contributed by atoms with Crippen molar-refractivity contribution in [2.24, 2.45) is 0 Å². The topological polar surface area (TPSA) is 71.1 Å². The number of amides is 2. The molecule has 2 N–H and O–H groups in total. The Hall–Kier alpha value is -2.10. The minimum atomic E-state index is -0.571. The van der Waals surface area contributed by atoms with Crippen molar-refractivity contribution >= 4 is 50.4 Å². The highest BCUT2D eigenvalue weighted by Crippen LogP contribution is 2.26. The summed E-state index contributed by atoms with van der Waals surface area (Å²) in [7, 11) is 0. The lowest BCUT2D eigenvalue weighted by Gasteiger charge is -2.04. The van der Waals surface area contributed by atoms with Crippen LogP contribution < -0.4 is 10.9 Å². The maximum atomic E-state index is 13.7. The normalized spacial score (nSPS) is 10.4. The van der Waals surface area contributed by atoms with Crippen LogP contribution in [0, 0.1) is 5.82 Å². The molecular formula is C15H9BrFN3O2S2. The predicted octanol–water partition coefficient (Wildman–Crippen LogP) is 3.85. The van der Waals surface area contributed by atoms with Gasteiger partial charge in [-0.15, -0.1) is 22.7 Å². The average Bonchev–Trinajstić information content (AvgIpc) is 3.22. The van der Waals surface area contributed by atoms with E-state index < -0.39 is 17.6 Å².